The van der Waals surface area contributed by atoms with Gasteiger partial charge in [0.05, 0.1) is 13.2 Å². The largest absolute Gasteiger partial charge is 0.497 e. The van der Waals surface area contributed by atoms with Crippen molar-refractivity contribution in [3.05, 3.63) is 46.2 Å². The third kappa shape index (κ3) is 4.84. The molecule has 7 nitrogen and oxygen atoms in total. The fourth-order valence-corrected chi connectivity index (χ4v) is 3.65. The maximum absolute atomic E-state index is 12.5. The van der Waals surface area contributed by atoms with E-state index in [1.165, 1.54) is 11.3 Å². The molecule has 0 saturated carbocycles. The SMILES string of the molecule is COc1cccc(C(=O)N=c2sccn2[C@@H](C)C(=O)NC[C@H]2CCCO2)c1. The van der Waals surface area contributed by atoms with Crippen LogP contribution in [0.3, 0.4) is 0 Å². The average Bonchev–Trinajstić information content (AvgIpc) is 3.37. The third-order valence-corrected chi connectivity index (χ3v) is 5.23. The normalized spacial score (nSPS) is 18.3. The molecule has 2 amide bonds. The molecule has 2 aromatic rings. The summed E-state index contributed by atoms with van der Waals surface area (Å²) in [6.07, 6.45) is 3.85. The molecule has 0 radical (unpaired) electrons. The van der Waals surface area contributed by atoms with Crippen molar-refractivity contribution in [3.8, 4) is 5.75 Å². The van der Waals surface area contributed by atoms with E-state index in [4.69, 9.17) is 9.47 Å². The first-order valence-corrected chi connectivity index (χ1v) is 9.74. The van der Waals surface area contributed by atoms with E-state index in [0.29, 0.717) is 22.7 Å². The molecule has 1 aromatic heterocycles. The van der Waals surface area contributed by atoms with E-state index in [0.717, 1.165) is 19.4 Å². The number of aromatic nitrogens is 1. The predicted molar refractivity (Wildman–Crippen MR) is 102 cm³/mol. The third-order valence-electron chi connectivity index (χ3n) is 4.45. The number of nitrogens with zero attached hydrogens (tertiary/aromatic N) is 2. The summed E-state index contributed by atoms with van der Waals surface area (Å²) in [6.45, 7) is 3.04. The maximum atomic E-state index is 12.5. The van der Waals surface area contributed by atoms with E-state index in [1.807, 2.05) is 5.38 Å². The minimum absolute atomic E-state index is 0.0902. The summed E-state index contributed by atoms with van der Waals surface area (Å²) in [5.74, 6) is 0.0910. The summed E-state index contributed by atoms with van der Waals surface area (Å²) in [4.78, 5) is 29.6. The number of hydrogen-bond acceptors (Lipinski definition) is 5. The van der Waals surface area contributed by atoms with Gasteiger partial charge in [0.15, 0.2) is 4.80 Å². The smallest absolute Gasteiger partial charge is 0.279 e. The van der Waals surface area contributed by atoms with Crippen molar-refractivity contribution in [1.82, 2.24) is 9.88 Å². The maximum Gasteiger partial charge on any atom is 0.279 e. The molecule has 1 aromatic carbocycles. The number of nitrogens with one attached hydrogen (secondary N) is 1. The molecule has 1 aliphatic rings. The number of carbonyl (C=O) groups excluding carboxylic acids is 2. The van der Waals surface area contributed by atoms with Crippen molar-refractivity contribution in [2.45, 2.75) is 31.9 Å². The van der Waals surface area contributed by atoms with E-state index in [1.54, 1.807) is 49.1 Å². The van der Waals surface area contributed by atoms with Gasteiger partial charge < -0.3 is 19.4 Å². The quantitative estimate of drug-likeness (QED) is 0.821. The van der Waals surface area contributed by atoms with Crippen LogP contribution in [0.4, 0.5) is 0 Å². The molecular weight excluding hydrogens is 366 g/mol. The second-order valence-corrected chi connectivity index (χ2v) is 7.17. The van der Waals surface area contributed by atoms with Crippen LogP contribution >= 0.6 is 11.3 Å². The second-order valence-electron chi connectivity index (χ2n) is 6.30. The van der Waals surface area contributed by atoms with E-state index in [2.05, 4.69) is 10.3 Å². The zero-order valence-electron chi connectivity index (χ0n) is 15.4. The van der Waals surface area contributed by atoms with E-state index >= 15 is 0 Å². The lowest BCUT2D eigenvalue weighted by atomic mass is 10.2. The van der Waals surface area contributed by atoms with Crippen molar-refractivity contribution in [2.24, 2.45) is 4.99 Å². The van der Waals surface area contributed by atoms with Crippen molar-refractivity contribution >= 4 is 23.2 Å². The minimum Gasteiger partial charge on any atom is -0.497 e. The highest BCUT2D eigenvalue weighted by Crippen LogP contribution is 2.14. The standard InChI is InChI=1S/C19H23N3O4S/c1-13(17(23)20-12-16-7-4-9-26-16)22-8-10-27-19(22)21-18(24)14-5-3-6-15(11-14)25-2/h3,5-6,8,10-11,13,16H,4,7,9,12H2,1-2H3,(H,20,23)/t13-,16+/m0/s1. The summed E-state index contributed by atoms with van der Waals surface area (Å²) >= 11 is 1.31. The Morgan fingerprint density at radius 1 is 1.48 bits per heavy atom. The molecule has 1 aliphatic heterocycles. The molecule has 8 heteroatoms. The Kier molecular flexibility index (Phi) is 6.41. The van der Waals surface area contributed by atoms with Crippen LogP contribution in [-0.2, 0) is 9.53 Å². The van der Waals surface area contributed by atoms with E-state index < -0.39 is 6.04 Å². The molecule has 1 fully saturated rings. The van der Waals surface area contributed by atoms with Crippen LogP contribution in [0.1, 0.15) is 36.2 Å². The highest BCUT2D eigenvalue weighted by atomic mass is 32.1. The van der Waals surface area contributed by atoms with Crippen LogP contribution in [0, 0.1) is 0 Å². The zero-order chi connectivity index (χ0) is 19.2. The van der Waals surface area contributed by atoms with Crippen LogP contribution in [-0.4, -0.2) is 42.7 Å². The van der Waals surface area contributed by atoms with Gasteiger partial charge in [0.2, 0.25) is 5.91 Å². The van der Waals surface area contributed by atoms with Crippen molar-refractivity contribution in [1.29, 1.82) is 0 Å². The summed E-state index contributed by atoms with van der Waals surface area (Å²) < 4.78 is 12.4. The molecule has 2 heterocycles. The molecule has 144 valence electrons. The van der Waals surface area contributed by atoms with Crippen LogP contribution in [0.25, 0.3) is 0 Å². The predicted octanol–water partition coefficient (Wildman–Crippen LogP) is 2.16. The van der Waals surface area contributed by atoms with Gasteiger partial charge in [-0.05, 0) is 38.0 Å². The Labute approximate surface area is 161 Å². The summed E-state index contributed by atoms with van der Waals surface area (Å²) in [6, 6.07) is 6.36. The number of amides is 2. The Morgan fingerprint density at radius 2 is 2.33 bits per heavy atom. The topological polar surface area (TPSA) is 81.9 Å². The number of thiazole rings is 1. The Hall–Kier alpha value is -2.45. The summed E-state index contributed by atoms with van der Waals surface area (Å²) in [7, 11) is 1.55. The monoisotopic (exact) mass is 389 g/mol. The number of methoxy groups -OCH3 is 1. The molecule has 3 rings (SSSR count). The lowest BCUT2D eigenvalue weighted by Gasteiger charge is -2.16. The van der Waals surface area contributed by atoms with Crippen molar-refractivity contribution in [2.75, 3.05) is 20.3 Å². The Balaban J connectivity index is 1.72. The van der Waals surface area contributed by atoms with Crippen LogP contribution in [0.2, 0.25) is 0 Å². The first kappa shape index (κ1) is 19.3. The first-order valence-electron chi connectivity index (χ1n) is 8.86. The van der Waals surface area contributed by atoms with E-state index in [-0.39, 0.29) is 17.9 Å². The number of carbonyl (C=O) groups is 2. The lowest BCUT2D eigenvalue weighted by molar-refractivity contribution is -0.124. The molecule has 0 bridgehead atoms. The lowest BCUT2D eigenvalue weighted by Crippen LogP contribution is -2.38. The van der Waals surface area contributed by atoms with Crippen molar-refractivity contribution in [3.63, 3.8) is 0 Å². The van der Waals surface area contributed by atoms with Gasteiger partial charge in [-0.1, -0.05) is 6.07 Å². The van der Waals surface area contributed by atoms with Crippen LogP contribution in [0.5, 0.6) is 5.75 Å². The molecule has 1 saturated heterocycles. The van der Waals surface area contributed by atoms with Gasteiger partial charge in [0, 0.05) is 30.3 Å². The van der Waals surface area contributed by atoms with E-state index in [9.17, 15) is 9.59 Å². The first-order chi connectivity index (χ1) is 13.1. The van der Waals surface area contributed by atoms with Gasteiger partial charge in [-0.2, -0.15) is 4.99 Å². The minimum atomic E-state index is -0.477. The highest BCUT2D eigenvalue weighted by molar-refractivity contribution is 7.07. The summed E-state index contributed by atoms with van der Waals surface area (Å²) in [5.41, 5.74) is 0.435. The van der Waals surface area contributed by atoms with Crippen molar-refractivity contribution < 1.29 is 19.1 Å². The highest BCUT2D eigenvalue weighted by Gasteiger charge is 2.20. The Morgan fingerprint density at radius 3 is 3.07 bits per heavy atom. The Bertz CT molecular complexity index is 868. The molecular formula is C19H23N3O4S. The molecule has 0 aliphatic carbocycles. The molecule has 27 heavy (non-hydrogen) atoms. The second kappa shape index (κ2) is 8.96. The van der Waals surface area contributed by atoms with Gasteiger partial charge >= 0.3 is 0 Å². The molecule has 1 N–H and O–H groups in total. The van der Waals surface area contributed by atoms with Gasteiger partial charge in [0.25, 0.3) is 5.91 Å². The number of benzene rings is 1. The number of rotatable bonds is 6. The number of ether oxygens (including phenoxy) is 2. The van der Waals surface area contributed by atoms with Crippen LogP contribution < -0.4 is 14.9 Å². The van der Waals surface area contributed by atoms with Gasteiger partial charge in [-0.25, -0.2) is 0 Å². The van der Waals surface area contributed by atoms with Gasteiger partial charge in [-0.15, -0.1) is 11.3 Å². The molecule has 0 spiro atoms. The average molecular weight is 389 g/mol. The molecule has 0 unspecified atom stereocenters. The fraction of sp³-hybridized carbons (Fsp3) is 0.421. The number of hydrogen-bond donors (Lipinski definition) is 1. The van der Waals surface area contributed by atoms with Gasteiger partial charge in [-0.3, -0.25) is 9.59 Å². The zero-order valence-corrected chi connectivity index (χ0v) is 16.2. The molecule has 2 atom stereocenters. The van der Waals surface area contributed by atoms with Crippen LogP contribution in [0.15, 0.2) is 40.8 Å². The fourth-order valence-electron chi connectivity index (χ4n) is 2.86. The summed E-state index contributed by atoms with van der Waals surface area (Å²) in [5, 5.41) is 4.72. The van der Waals surface area contributed by atoms with Gasteiger partial charge in [0.1, 0.15) is 11.8 Å².